The average Bonchev–Trinajstić information content (AvgIpc) is 2.74. The Kier molecular flexibility index (Phi) is 8.64. The number of sulfonamides is 1. The minimum Gasteiger partial charge on any atom is -0.481 e. The third kappa shape index (κ3) is 7.79. The molecular formula is C20H22FN3O6S. The largest absolute Gasteiger partial charge is 0.481 e. The lowest BCUT2D eigenvalue weighted by atomic mass is 10.1. The highest BCUT2D eigenvalue weighted by Crippen LogP contribution is 2.15. The van der Waals surface area contributed by atoms with E-state index in [-0.39, 0.29) is 30.0 Å². The van der Waals surface area contributed by atoms with Gasteiger partial charge < -0.3 is 9.84 Å². The number of benzene rings is 2. The average molecular weight is 451 g/mol. The quantitative estimate of drug-likeness (QED) is 0.271. The number of rotatable bonds is 11. The summed E-state index contributed by atoms with van der Waals surface area (Å²) < 4.78 is 45.3. The summed E-state index contributed by atoms with van der Waals surface area (Å²) in [6.45, 7) is 1.20. The summed E-state index contributed by atoms with van der Waals surface area (Å²) in [5.74, 6) is -2.22. The monoisotopic (exact) mass is 451 g/mol. The number of hydrogen-bond acceptors (Lipinski definition) is 6. The van der Waals surface area contributed by atoms with Crippen molar-refractivity contribution in [1.29, 1.82) is 0 Å². The third-order valence-corrected chi connectivity index (χ3v) is 5.46. The number of nitrogens with zero attached hydrogens (tertiary/aromatic N) is 1. The highest BCUT2D eigenvalue weighted by molar-refractivity contribution is 7.89. The molecule has 0 aliphatic rings. The molecule has 1 amide bonds. The molecule has 31 heavy (non-hydrogen) atoms. The predicted octanol–water partition coefficient (Wildman–Crippen LogP) is 1.89. The molecule has 0 radical (unpaired) electrons. The Morgan fingerprint density at radius 1 is 1.13 bits per heavy atom. The Morgan fingerprint density at radius 3 is 2.45 bits per heavy atom. The molecule has 2 aromatic rings. The van der Waals surface area contributed by atoms with Crippen molar-refractivity contribution in [3.8, 4) is 5.75 Å². The van der Waals surface area contributed by atoms with Gasteiger partial charge in [0.2, 0.25) is 10.0 Å². The van der Waals surface area contributed by atoms with Crippen molar-refractivity contribution in [3.63, 3.8) is 0 Å². The molecule has 0 spiro atoms. The predicted molar refractivity (Wildman–Crippen MR) is 111 cm³/mol. The Balaban J connectivity index is 1.89. The van der Waals surface area contributed by atoms with E-state index in [4.69, 9.17) is 9.84 Å². The van der Waals surface area contributed by atoms with Gasteiger partial charge in [-0.2, -0.15) is 5.10 Å². The molecular weight excluding hydrogens is 429 g/mol. The van der Waals surface area contributed by atoms with Gasteiger partial charge in [-0.05, 0) is 43.2 Å². The van der Waals surface area contributed by atoms with Crippen LogP contribution in [0.4, 0.5) is 4.39 Å². The van der Waals surface area contributed by atoms with Gasteiger partial charge in [0.05, 0.1) is 10.6 Å². The van der Waals surface area contributed by atoms with Crippen molar-refractivity contribution in [2.75, 3.05) is 13.2 Å². The summed E-state index contributed by atoms with van der Waals surface area (Å²) in [5.41, 5.74) is 3.27. The van der Waals surface area contributed by atoms with Crippen molar-refractivity contribution in [2.45, 2.75) is 24.7 Å². The van der Waals surface area contributed by atoms with Gasteiger partial charge in [-0.1, -0.05) is 24.3 Å². The first-order valence-corrected chi connectivity index (χ1v) is 10.7. The number of hydrazone groups is 1. The zero-order chi connectivity index (χ0) is 22.9. The molecule has 166 valence electrons. The van der Waals surface area contributed by atoms with Crippen LogP contribution in [-0.2, 0) is 19.6 Å². The highest BCUT2D eigenvalue weighted by Gasteiger charge is 2.14. The zero-order valence-corrected chi connectivity index (χ0v) is 17.5. The van der Waals surface area contributed by atoms with Crippen LogP contribution in [0.5, 0.6) is 5.75 Å². The molecule has 0 aromatic heterocycles. The van der Waals surface area contributed by atoms with E-state index in [1.807, 2.05) is 0 Å². The molecule has 0 fully saturated rings. The van der Waals surface area contributed by atoms with Crippen molar-refractivity contribution in [2.24, 2.45) is 5.10 Å². The van der Waals surface area contributed by atoms with E-state index < -0.39 is 34.3 Å². The van der Waals surface area contributed by atoms with Crippen LogP contribution in [0.2, 0.25) is 0 Å². The van der Waals surface area contributed by atoms with Gasteiger partial charge in [0.1, 0.15) is 0 Å². The molecule has 11 heteroatoms. The lowest BCUT2D eigenvalue weighted by Gasteiger charge is -2.08. The van der Waals surface area contributed by atoms with Gasteiger partial charge in [0, 0.05) is 13.0 Å². The standard InChI is InChI=1S/C20H22FN3O6S/c1-14(23-24-19(25)13-30-18-6-3-2-5-17(18)21)15-8-10-16(11-9-15)31(28,29)22-12-4-7-20(26)27/h2-3,5-6,8-11,22H,4,7,12-13H2,1H3,(H,24,25)(H,26,27)/b23-14-. The maximum atomic E-state index is 13.5. The maximum Gasteiger partial charge on any atom is 0.303 e. The minimum atomic E-state index is -3.76. The summed E-state index contributed by atoms with van der Waals surface area (Å²) in [7, 11) is -3.76. The molecule has 3 N–H and O–H groups in total. The maximum absolute atomic E-state index is 13.5. The fourth-order valence-electron chi connectivity index (χ4n) is 2.35. The molecule has 0 heterocycles. The number of carbonyl (C=O) groups excluding carboxylic acids is 1. The lowest BCUT2D eigenvalue weighted by Crippen LogP contribution is -2.26. The van der Waals surface area contributed by atoms with Crippen LogP contribution < -0.4 is 14.9 Å². The fourth-order valence-corrected chi connectivity index (χ4v) is 3.43. The first-order chi connectivity index (χ1) is 14.7. The summed E-state index contributed by atoms with van der Waals surface area (Å²) >= 11 is 0. The van der Waals surface area contributed by atoms with E-state index in [0.717, 1.165) is 0 Å². The number of amides is 1. The number of nitrogens with one attached hydrogen (secondary N) is 2. The Hall–Kier alpha value is -3.31. The molecule has 0 atom stereocenters. The van der Waals surface area contributed by atoms with Crippen molar-refractivity contribution < 1.29 is 32.2 Å². The Labute approximate surface area is 179 Å². The van der Waals surface area contributed by atoms with Crippen LogP contribution in [0.3, 0.4) is 0 Å². The molecule has 0 aliphatic heterocycles. The van der Waals surface area contributed by atoms with Gasteiger partial charge in [-0.25, -0.2) is 23.0 Å². The second-order valence-corrected chi connectivity index (χ2v) is 8.14. The van der Waals surface area contributed by atoms with E-state index in [1.54, 1.807) is 13.0 Å². The number of halogens is 1. The molecule has 0 bridgehead atoms. The van der Waals surface area contributed by atoms with Crippen molar-refractivity contribution >= 4 is 27.6 Å². The number of para-hydroxylation sites is 1. The normalized spacial score (nSPS) is 11.7. The topological polar surface area (TPSA) is 134 Å². The number of ether oxygens (including phenoxy) is 1. The van der Waals surface area contributed by atoms with E-state index in [1.165, 1.54) is 42.5 Å². The molecule has 0 aliphatic carbocycles. The van der Waals surface area contributed by atoms with Crippen LogP contribution in [0.25, 0.3) is 0 Å². The van der Waals surface area contributed by atoms with Crippen LogP contribution in [0.1, 0.15) is 25.3 Å². The van der Waals surface area contributed by atoms with Crippen LogP contribution in [0, 0.1) is 5.82 Å². The van der Waals surface area contributed by atoms with E-state index >= 15 is 0 Å². The van der Waals surface area contributed by atoms with Gasteiger partial charge >= 0.3 is 5.97 Å². The van der Waals surface area contributed by atoms with E-state index in [9.17, 15) is 22.4 Å². The zero-order valence-electron chi connectivity index (χ0n) is 16.7. The van der Waals surface area contributed by atoms with Gasteiger partial charge in [-0.3, -0.25) is 9.59 Å². The molecule has 0 saturated heterocycles. The summed E-state index contributed by atoms with van der Waals surface area (Å²) in [6, 6.07) is 11.5. The lowest BCUT2D eigenvalue weighted by molar-refractivity contribution is -0.137. The SMILES string of the molecule is C/C(=N/NC(=O)COc1ccccc1F)c1ccc(S(=O)(=O)NCCCC(=O)O)cc1. The molecule has 9 nitrogen and oxygen atoms in total. The van der Waals surface area contributed by atoms with Crippen LogP contribution in [0.15, 0.2) is 58.5 Å². The van der Waals surface area contributed by atoms with Crippen LogP contribution in [-0.4, -0.2) is 44.3 Å². The fraction of sp³-hybridized carbons (Fsp3) is 0.250. The van der Waals surface area contributed by atoms with Gasteiger partial charge in [0.15, 0.2) is 18.2 Å². The highest BCUT2D eigenvalue weighted by atomic mass is 32.2. The smallest absolute Gasteiger partial charge is 0.303 e. The Morgan fingerprint density at radius 2 is 1.81 bits per heavy atom. The summed E-state index contributed by atoms with van der Waals surface area (Å²) in [4.78, 5) is 22.3. The first kappa shape index (κ1) is 24.0. The van der Waals surface area contributed by atoms with Crippen molar-refractivity contribution in [1.82, 2.24) is 10.1 Å². The van der Waals surface area contributed by atoms with Crippen molar-refractivity contribution in [3.05, 3.63) is 59.9 Å². The third-order valence-electron chi connectivity index (χ3n) is 3.99. The Bertz CT molecular complexity index is 1050. The second kappa shape index (κ2) is 11.2. The number of carbonyl (C=O) groups is 2. The summed E-state index contributed by atoms with van der Waals surface area (Å²) in [5, 5.41) is 12.5. The van der Waals surface area contributed by atoms with E-state index in [2.05, 4.69) is 15.2 Å². The molecule has 0 unspecified atom stereocenters. The number of hydrogen-bond donors (Lipinski definition) is 3. The number of aliphatic carboxylic acids is 1. The van der Waals surface area contributed by atoms with Crippen LogP contribution >= 0.6 is 0 Å². The summed E-state index contributed by atoms with van der Waals surface area (Å²) in [6.07, 6.45) is 0.0485. The molecule has 2 rings (SSSR count). The number of carboxylic acids is 1. The molecule has 0 saturated carbocycles. The number of carboxylic acid groups (broad SMARTS) is 1. The first-order valence-electron chi connectivity index (χ1n) is 9.21. The second-order valence-electron chi connectivity index (χ2n) is 6.37. The minimum absolute atomic E-state index is 0.0118. The molecule has 2 aromatic carbocycles. The van der Waals surface area contributed by atoms with E-state index in [0.29, 0.717) is 11.3 Å². The van der Waals surface area contributed by atoms with Gasteiger partial charge in [-0.15, -0.1) is 0 Å². The van der Waals surface area contributed by atoms with Gasteiger partial charge in [0.25, 0.3) is 5.91 Å².